The summed E-state index contributed by atoms with van der Waals surface area (Å²) in [6.07, 6.45) is 2.43. The number of halogens is 3. The molecule has 2 aromatic heterocycles. The minimum atomic E-state index is 0.388. The highest BCUT2D eigenvalue weighted by atomic mass is 79.9. The molecular formula is C15H10BrCl2N3. The Morgan fingerprint density at radius 2 is 1.81 bits per heavy atom. The molecule has 106 valence electrons. The molecule has 0 unspecified atom stereocenters. The molecular weight excluding hydrogens is 373 g/mol. The maximum absolute atomic E-state index is 6.20. The molecule has 0 aliphatic heterocycles. The molecule has 0 bridgehead atoms. The van der Waals surface area contributed by atoms with Gasteiger partial charge in [0.05, 0.1) is 5.52 Å². The second kappa shape index (κ2) is 5.87. The Morgan fingerprint density at radius 1 is 1.10 bits per heavy atom. The Kier molecular flexibility index (Phi) is 4.11. The Morgan fingerprint density at radius 3 is 2.48 bits per heavy atom. The second-order valence-electron chi connectivity index (χ2n) is 4.46. The second-order valence-corrected chi connectivity index (χ2v) is 6.03. The Balaban J connectivity index is 2.29. The Bertz CT molecular complexity index is 813. The van der Waals surface area contributed by atoms with Crippen LogP contribution in [0.15, 0.2) is 34.9 Å². The van der Waals surface area contributed by atoms with Crippen molar-refractivity contribution in [2.24, 2.45) is 0 Å². The van der Waals surface area contributed by atoms with Crippen LogP contribution < -0.4 is 0 Å². The van der Waals surface area contributed by atoms with E-state index in [0.717, 1.165) is 26.5 Å². The highest BCUT2D eigenvalue weighted by Gasteiger charge is 2.14. The predicted octanol–water partition coefficient (Wildman–Crippen LogP) is 5.32. The SMILES string of the molecule is CCc1c(Cl)nc(-c2ccc(Br)c3cccnc23)nc1Cl. The number of hydrogen-bond donors (Lipinski definition) is 0. The molecule has 6 heteroatoms. The van der Waals surface area contributed by atoms with Gasteiger partial charge in [-0.25, -0.2) is 9.97 Å². The molecule has 0 N–H and O–H groups in total. The van der Waals surface area contributed by atoms with Crippen molar-refractivity contribution in [2.45, 2.75) is 13.3 Å². The van der Waals surface area contributed by atoms with Gasteiger partial charge in [-0.15, -0.1) is 0 Å². The van der Waals surface area contributed by atoms with E-state index in [1.165, 1.54) is 0 Å². The zero-order valence-corrected chi connectivity index (χ0v) is 14.2. The standard InChI is InChI=1S/C15H10BrCl2N3/c1-2-8-13(17)20-15(21-14(8)18)10-5-6-11(16)9-4-3-7-19-12(9)10/h3-7H,2H2,1H3. The summed E-state index contributed by atoms with van der Waals surface area (Å²) in [5.74, 6) is 0.485. The highest BCUT2D eigenvalue weighted by Crippen LogP contribution is 2.32. The minimum Gasteiger partial charge on any atom is -0.255 e. The summed E-state index contributed by atoms with van der Waals surface area (Å²) in [7, 11) is 0. The maximum atomic E-state index is 6.20. The van der Waals surface area contributed by atoms with Gasteiger partial charge in [-0.3, -0.25) is 4.98 Å². The van der Waals surface area contributed by atoms with E-state index in [2.05, 4.69) is 30.9 Å². The summed E-state index contributed by atoms with van der Waals surface area (Å²) >= 11 is 15.9. The van der Waals surface area contributed by atoms with Crippen LogP contribution in [0.2, 0.25) is 10.3 Å². The summed E-state index contributed by atoms with van der Waals surface area (Å²) in [6, 6.07) is 7.72. The van der Waals surface area contributed by atoms with Crippen molar-refractivity contribution in [2.75, 3.05) is 0 Å². The van der Waals surface area contributed by atoms with Crippen molar-refractivity contribution >= 4 is 50.0 Å². The third-order valence-corrected chi connectivity index (χ3v) is 4.53. The first-order valence-electron chi connectivity index (χ1n) is 6.37. The smallest absolute Gasteiger partial charge is 0.164 e. The zero-order valence-electron chi connectivity index (χ0n) is 11.1. The summed E-state index contributed by atoms with van der Waals surface area (Å²) < 4.78 is 0.969. The molecule has 2 heterocycles. The lowest BCUT2D eigenvalue weighted by atomic mass is 10.1. The third kappa shape index (κ3) is 2.63. The quantitative estimate of drug-likeness (QED) is 0.562. The van der Waals surface area contributed by atoms with E-state index in [4.69, 9.17) is 23.2 Å². The van der Waals surface area contributed by atoms with Crippen molar-refractivity contribution in [3.8, 4) is 11.4 Å². The van der Waals surface area contributed by atoms with Gasteiger partial charge in [-0.2, -0.15) is 0 Å². The fourth-order valence-corrected chi connectivity index (χ4v) is 3.27. The van der Waals surface area contributed by atoms with E-state index in [-0.39, 0.29) is 0 Å². The number of hydrogen-bond acceptors (Lipinski definition) is 3. The van der Waals surface area contributed by atoms with Crippen LogP contribution in [0.5, 0.6) is 0 Å². The molecule has 0 aliphatic carbocycles. The van der Waals surface area contributed by atoms with Crippen LogP contribution >= 0.6 is 39.1 Å². The van der Waals surface area contributed by atoms with E-state index >= 15 is 0 Å². The van der Waals surface area contributed by atoms with E-state index in [1.54, 1.807) is 6.20 Å². The first-order valence-corrected chi connectivity index (χ1v) is 7.92. The summed E-state index contributed by atoms with van der Waals surface area (Å²) in [5.41, 5.74) is 2.37. The van der Waals surface area contributed by atoms with Gasteiger partial charge < -0.3 is 0 Å². The van der Waals surface area contributed by atoms with Gasteiger partial charge in [0.2, 0.25) is 0 Å². The topological polar surface area (TPSA) is 38.7 Å². The summed E-state index contributed by atoms with van der Waals surface area (Å²) in [4.78, 5) is 13.2. The molecule has 0 aliphatic rings. The van der Waals surface area contributed by atoms with Crippen LogP contribution in [-0.4, -0.2) is 15.0 Å². The van der Waals surface area contributed by atoms with Crippen LogP contribution in [0.4, 0.5) is 0 Å². The van der Waals surface area contributed by atoms with Crippen LogP contribution in [0.3, 0.4) is 0 Å². The molecule has 3 nitrogen and oxygen atoms in total. The van der Waals surface area contributed by atoms with Crippen molar-refractivity contribution < 1.29 is 0 Å². The van der Waals surface area contributed by atoms with E-state index in [9.17, 15) is 0 Å². The Labute approximate surface area is 140 Å². The summed E-state index contributed by atoms with van der Waals surface area (Å²) in [6.45, 7) is 1.96. The first-order chi connectivity index (χ1) is 10.1. The number of pyridine rings is 1. The fraction of sp³-hybridized carbons (Fsp3) is 0.133. The normalized spacial score (nSPS) is 11.0. The molecule has 3 rings (SSSR count). The van der Waals surface area contributed by atoms with Crippen molar-refractivity contribution in [3.63, 3.8) is 0 Å². The zero-order chi connectivity index (χ0) is 15.0. The molecule has 0 atom stereocenters. The van der Waals surface area contributed by atoms with E-state index < -0.39 is 0 Å². The molecule has 0 radical (unpaired) electrons. The van der Waals surface area contributed by atoms with Crippen LogP contribution in [-0.2, 0) is 6.42 Å². The van der Waals surface area contributed by atoms with Crippen LogP contribution in [0.25, 0.3) is 22.3 Å². The monoisotopic (exact) mass is 381 g/mol. The molecule has 0 spiro atoms. The molecule has 3 aromatic rings. The van der Waals surface area contributed by atoms with Crippen molar-refractivity contribution in [3.05, 3.63) is 50.8 Å². The highest BCUT2D eigenvalue weighted by molar-refractivity contribution is 9.10. The first kappa shape index (κ1) is 14.7. The van der Waals surface area contributed by atoms with E-state index in [1.807, 2.05) is 31.2 Å². The lowest BCUT2D eigenvalue weighted by Gasteiger charge is -2.09. The van der Waals surface area contributed by atoms with Gasteiger partial charge in [-0.1, -0.05) is 52.1 Å². The Hall–Kier alpha value is -1.23. The van der Waals surface area contributed by atoms with Crippen molar-refractivity contribution in [1.29, 1.82) is 0 Å². The average molecular weight is 383 g/mol. The van der Waals surface area contributed by atoms with Crippen LogP contribution in [0.1, 0.15) is 12.5 Å². The van der Waals surface area contributed by atoms with Crippen molar-refractivity contribution in [1.82, 2.24) is 15.0 Å². The maximum Gasteiger partial charge on any atom is 0.164 e. The minimum absolute atomic E-state index is 0.388. The largest absolute Gasteiger partial charge is 0.255 e. The molecule has 1 aromatic carbocycles. The van der Waals surface area contributed by atoms with Crippen LogP contribution in [0, 0.1) is 0 Å². The van der Waals surface area contributed by atoms with Gasteiger partial charge in [0, 0.05) is 27.2 Å². The number of benzene rings is 1. The average Bonchev–Trinajstić information content (AvgIpc) is 2.47. The number of nitrogens with zero attached hydrogens (tertiary/aromatic N) is 3. The molecule has 21 heavy (non-hydrogen) atoms. The van der Waals surface area contributed by atoms with Gasteiger partial charge in [0.1, 0.15) is 10.3 Å². The molecule has 0 amide bonds. The lowest BCUT2D eigenvalue weighted by Crippen LogP contribution is -1.97. The van der Waals surface area contributed by atoms with Gasteiger partial charge in [-0.05, 0) is 24.6 Å². The molecule has 0 saturated heterocycles. The van der Waals surface area contributed by atoms with E-state index in [0.29, 0.717) is 22.6 Å². The predicted molar refractivity (Wildman–Crippen MR) is 89.9 cm³/mol. The molecule has 0 saturated carbocycles. The number of aromatic nitrogens is 3. The molecule has 0 fully saturated rings. The van der Waals surface area contributed by atoms with Gasteiger partial charge in [0.15, 0.2) is 5.82 Å². The number of fused-ring (bicyclic) bond motifs is 1. The third-order valence-electron chi connectivity index (χ3n) is 3.22. The summed E-state index contributed by atoms with van der Waals surface area (Å²) in [5, 5.41) is 1.77. The number of rotatable bonds is 2. The fourth-order valence-electron chi connectivity index (χ4n) is 2.16. The van der Waals surface area contributed by atoms with Gasteiger partial charge >= 0.3 is 0 Å². The van der Waals surface area contributed by atoms with Gasteiger partial charge in [0.25, 0.3) is 0 Å². The lowest BCUT2D eigenvalue weighted by molar-refractivity contribution is 1.05.